The molecule has 1 heterocycles. The normalized spacial score (nSPS) is 16.4. The van der Waals surface area contributed by atoms with Crippen LogP contribution in [-0.4, -0.2) is 44.7 Å². The molecule has 1 aliphatic rings. The van der Waals surface area contributed by atoms with Crippen LogP contribution in [0.3, 0.4) is 0 Å². The van der Waals surface area contributed by atoms with E-state index in [9.17, 15) is 13.2 Å². The number of carbonyl (C=O) groups is 1. The number of Topliss-reactive ketones (excluding diaryl/α,β-unsaturated/α-hetero) is 1. The maximum Gasteiger partial charge on any atom is 0.243 e. The van der Waals surface area contributed by atoms with Gasteiger partial charge in [0.2, 0.25) is 10.0 Å². The zero-order valence-corrected chi connectivity index (χ0v) is 15.5. The Bertz CT molecular complexity index is 610. The summed E-state index contributed by atoms with van der Waals surface area (Å²) in [6, 6.07) is 7.00. The lowest BCUT2D eigenvalue weighted by Crippen LogP contribution is -2.46. The van der Waals surface area contributed by atoms with Crippen molar-refractivity contribution in [3.8, 4) is 0 Å². The van der Waals surface area contributed by atoms with Crippen LogP contribution < -0.4 is 5.32 Å². The minimum Gasteiger partial charge on any atom is -0.314 e. The van der Waals surface area contributed by atoms with E-state index in [0.29, 0.717) is 18.0 Å². The van der Waals surface area contributed by atoms with Gasteiger partial charge in [0.05, 0.1) is 4.90 Å². The number of nitrogens with zero attached hydrogens (tertiary/aromatic N) is 1. The highest BCUT2D eigenvalue weighted by molar-refractivity contribution is 7.89. The molecule has 1 saturated heterocycles. The highest BCUT2D eigenvalue weighted by Crippen LogP contribution is 2.16. The summed E-state index contributed by atoms with van der Waals surface area (Å²) in [6.45, 7) is 11.9. The van der Waals surface area contributed by atoms with Crippen molar-refractivity contribution < 1.29 is 13.2 Å². The highest BCUT2D eigenvalue weighted by atomic mass is 32.2. The Balaban J connectivity index is 0.000000322. The number of carbonyl (C=O) groups excluding carboxylic acids is 1. The number of benzene rings is 1. The van der Waals surface area contributed by atoms with E-state index in [2.05, 4.69) is 5.32 Å². The molecular formula is C17H28N2O3S. The standard InChI is InChI=1S/C11H16N2O2S.C6H12O/c1-10-2-4-11(5-3-10)16(14,15)13-8-6-12-7-9-13;1-5(7)6(2,3)4/h2-5,12H,6-9H2,1H3;1-4H3. The molecule has 130 valence electrons. The molecule has 1 aromatic rings. The number of hydrogen-bond donors (Lipinski definition) is 1. The third-order valence-corrected chi connectivity index (χ3v) is 5.70. The van der Waals surface area contributed by atoms with Gasteiger partial charge >= 0.3 is 0 Å². The number of ketones is 1. The van der Waals surface area contributed by atoms with Gasteiger partial charge in [0.1, 0.15) is 5.78 Å². The van der Waals surface area contributed by atoms with Gasteiger partial charge in [-0.3, -0.25) is 4.79 Å². The fourth-order valence-corrected chi connectivity index (χ4v) is 3.19. The van der Waals surface area contributed by atoms with Crippen LogP contribution in [0, 0.1) is 12.3 Å². The van der Waals surface area contributed by atoms with Gasteiger partial charge in [0.15, 0.2) is 0 Å². The van der Waals surface area contributed by atoms with E-state index in [-0.39, 0.29) is 11.2 Å². The van der Waals surface area contributed by atoms with Crippen molar-refractivity contribution >= 4 is 15.8 Å². The van der Waals surface area contributed by atoms with E-state index in [0.717, 1.165) is 18.7 Å². The quantitative estimate of drug-likeness (QED) is 0.896. The Morgan fingerprint density at radius 3 is 1.91 bits per heavy atom. The van der Waals surface area contributed by atoms with E-state index in [4.69, 9.17) is 0 Å². The van der Waals surface area contributed by atoms with Crippen LogP contribution in [0.15, 0.2) is 29.2 Å². The predicted molar refractivity (Wildman–Crippen MR) is 92.9 cm³/mol. The van der Waals surface area contributed by atoms with E-state index in [1.165, 1.54) is 4.31 Å². The van der Waals surface area contributed by atoms with Gasteiger partial charge in [-0.15, -0.1) is 0 Å². The minimum atomic E-state index is -3.29. The van der Waals surface area contributed by atoms with Crippen LogP contribution in [0.25, 0.3) is 0 Å². The molecule has 0 spiro atoms. The number of nitrogens with one attached hydrogen (secondary N) is 1. The van der Waals surface area contributed by atoms with Gasteiger partial charge in [0, 0.05) is 31.6 Å². The summed E-state index contributed by atoms with van der Waals surface area (Å²) >= 11 is 0. The molecule has 1 aromatic carbocycles. The number of hydrogen-bond acceptors (Lipinski definition) is 4. The lowest BCUT2D eigenvalue weighted by atomic mass is 9.92. The van der Waals surface area contributed by atoms with Crippen molar-refractivity contribution in [3.05, 3.63) is 29.8 Å². The molecule has 6 heteroatoms. The molecule has 0 aliphatic carbocycles. The second-order valence-electron chi connectivity index (χ2n) is 6.77. The molecule has 2 rings (SSSR count). The average molecular weight is 340 g/mol. The molecule has 5 nitrogen and oxygen atoms in total. The van der Waals surface area contributed by atoms with E-state index in [1.54, 1.807) is 19.1 Å². The van der Waals surface area contributed by atoms with Crippen molar-refractivity contribution in [3.63, 3.8) is 0 Å². The van der Waals surface area contributed by atoms with Gasteiger partial charge in [-0.1, -0.05) is 38.5 Å². The smallest absolute Gasteiger partial charge is 0.243 e. The second kappa shape index (κ2) is 8.04. The van der Waals surface area contributed by atoms with Crippen molar-refractivity contribution in [1.82, 2.24) is 9.62 Å². The first-order valence-corrected chi connectivity index (χ1v) is 9.28. The summed E-state index contributed by atoms with van der Waals surface area (Å²) in [5.41, 5.74) is 0.930. The lowest BCUT2D eigenvalue weighted by Gasteiger charge is -2.26. The zero-order valence-electron chi connectivity index (χ0n) is 14.7. The monoisotopic (exact) mass is 340 g/mol. The summed E-state index contributed by atoms with van der Waals surface area (Å²) in [6.07, 6.45) is 0. The minimum absolute atomic E-state index is 0.139. The van der Waals surface area contributed by atoms with Crippen LogP contribution in [0.2, 0.25) is 0 Å². The molecule has 0 atom stereocenters. The van der Waals surface area contributed by atoms with Gasteiger partial charge in [-0.05, 0) is 26.0 Å². The molecular weight excluding hydrogens is 312 g/mol. The van der Waals surface area contributed by atoms with Crippen molar-refractivity contribution in [2.45, 2.75) is 39.5 Å². The maximum atomic E-state index is 12.2. The highest BCUT2D eigenvalue weighted by Gasteiger charge is 2.25. The Kier molecular flexibility index (Phi) is 6.92. The third-order valence-electron chi connectivity index (χ3n) is 3.79. The van der Waals surface area contributed by atoms with Crippen molar-refractivity contribution in [1.29, 1.82) is 0 Å². The summed E-state index contributed by atoms with van der Waals surface area (Å²) in [7, 11) is -3.29. The number of aryl methyl sites for hydroxylation is 1. The lowest BCUT2D eigenvalue weighted by molar-refractivity contribution is -0.124. The van der Waals surface area contributed by atoms with Crippen LogP contribution in [0.1, 0.15) is 33.3 Å². The van der Waals surface area contributed by atoms with Gasteiger partial charge in [-0.2, -0.15) is 4.31 Å². The van der Waals surface area contributed by atoms with Gasteiger partial charge in [0.25, 0.3) is 0 Å². The molecule has 0 aromatic heterocycles. The predicted octanol–water partition coefficient (Wildman–Crippen LogP) is 2.21. The molecule has 23 heavy (non-hydrogen) atoms. The van der Waals surface area contributed by atoms with Crippen molar-refractivity contribution in [2.24, 2.45) is 5.41 Å². The first kappa shape index (κ1) is 19.8. The van der Waals surface area contributed by atoms with E-state index < -0.39 is 10.0 Å². The SMILES string of the molecule is CC(=O)C(C)(C)C.Cc1ccc(S(=O)(=O)N2CCNCC2)cc1. The zero-order chi connectivity index (χ0) is 17.7. The second-order valence-corrected chi connectivity index (χ2v) is 8.71. The van der Waals surface area contributed by atoms with E-state index >= 15 is 0 Å². The Labute approximate surface area is 140 Å². The first-order valence-electron chi connectivity index (χ1n) is 7.84. The van der Waals surface area contributed by atoms with Crippen LogP contribution >= 0.6 is 0 Å². The van der Waals surface area contributed by atoms with E-state index in [1.807, 2.05) is 39.8 Å². The summed E-state index contributed by atoms with van der Waals surface area (Å²) in [5, 5.41) is 3.14. The Morgan fingerprint density at radius 1 is 1.09 bits per heavy atom. The van der Waals surface area contributed by atoms with Gasteiger partial charge in [-0.25, -0.2) is 8.42 Å². The molecule has 0 unspecified atom stereocenters. The Morgan fingerprint density at radius 2 is 1.52 bits per heavy atom. The summed E-state index contributed by atoms with van der Waals surface area (Å²) < 4.78 is 25.9. The van der Waals surface area contributed by atoms with Gasteiger partial charge < -0.3 is 5.32 Å². The summed E-state index contributed by atoms with van der Waals surface area (Å²) in [5.74, 6) is 0.243. The van der Waals surface area contributed by atoms with Crippen molar-refractivity contribution in [2.75, 3.05) is 26.2 Å². The molecule has 1 fully saturated rings. The molecule has 0 bridgehead atoms. The fraction of sp³-hybridized carbons (Fsp3) is 0.588. The number of sulfonamides is 1. The summed E-state index contributed by atoms with van der Waals surface area (Å²) in [4.78, 5) is 10.9. The fourth-order valence-electron chi connectivity index (χ4n) is 1.74. The number of piperazine rings is 1. The third kappa shape index (κ3) is 6.05. The molecule has 1 aliphatic heterocycles. The average Bonchev–Trinajstić information content (AvgIpc) is 2.48. The maximum absolute atomic E-state index is 12.2. The van der Waals surface area contributed by atoms with Crippen LogP contribution in [0.4, 0.5) is 0 Å². The first-order chi connectivity index (χ1) is 10.5. The molecule has 0 amide bonds. The molecule has 1 N–H and O–H groups in total. The van der Waals surface area contributed by atoms with Crippen LogP contribution in [-0.2, 0) is 14.8 Å². The molecule has 0 radical (unpaired) electrons. The largest absolute Gasteiger partial charge is 0.314 e. The molecule has 0 saturated carbocycles. The topological polar surface area (TPSA) is 66.5 Å². The van der Waals surface area contributed by atoms with Crippen LogP contribution in [0.5, 0.6) is 0 Å². The number of rotatable bonds is 2. The Hall–Kier alpha value is -1.24.